The Morgan fingerprint density at radius 2 is 2.03 bits per heavy atom. The number of amides is 2. The Labute approximate surface area is 196 Å². The standard InChI is InChI=1S/C24H25ClN4O2S/c1-24(23(31)26-17-8-3-4-9-17)15-29-20(13-19(27-29)21-11-6-12-32-21)22(30)28(24)14-16-7-2-5-10-18(16)25/h2,5-7,10-13,17H,3-4,8-9,14-15H2,1H3,(H,26,31). The zero-order valence-corrected chi connectivity index (χ0v) is 19.5. The molecule has 0 spiro atoms. The molecule has 32 heavy (non-hydrogen) atoms. The normalized spacial score (nSPS) is 21.1. The van der Waals surface area contributed by atoms with Crippen LogP contribution in [0.5, 0.6) is 0 Å². The van der Waals surface area contributed by atoms with Gasteiger partial charge in [-0.15, -0.1) is 11.3 Å². The average molecular weight is 469 g/mol. The minimum absolute atomic E-state index is 0.136. The zero-order chi connectivity index (χ0) is 22.3. The van der Waals surface area contributed by atoms with Crippen molar-refractivity contribution in [3.8, 4) is 10.6 Å². The number of aromatic nitrogens is 2. The van der Waals surface area contributed by atoms with Crippen LogP contribution in [0.2, 0.25) is 5.02 Å². The van der Waals surface area contributed by atoms with Crippen LogP contribution in [0.1, 0.15) is 48.7 Å². The lowest BCUT2D eigenvalue weighted by atomic mass is 9.93. The zero-order valence-electron chi connectivity index (χ0n) is 17.9. The van der Waals surface area contributed by atoms with E-state index in [-0.39, 0.29) is 24.4 Å². The summed E-state index contributed by atoms with van der Waals surface area (Å²) in [5.74, 6) is -0.348. The largest absolute Gasteiger partial charge is 0.351 e. The second kappa shape index (κ2) is 8.37. The van der Waals surface area contributed by atoms with E-state index in [4.69, 9.17) is 11.6 Å². The Morgan fingerprint density at radius 3 is 2.75 bits per heavy atom. The molecule has 3 heterocycles. The summed E-state index contributed by atoms with van der Waals surface area (Å²) < 4.78 is 1.69. The summed E-state index contributed by atoms with van der Waals surface area (Å²) in [6.45, 7) is 2.39. The number of nitrogens with zero attached hydrogens (tertiary/aromatic N) is 3. The van der Waals surface area contributed by atoms with Crippen molar-refractivity contribution in [2.75, 3.05) is 0 Å². The van der Waals surface area contributed by atoms with Gasteiger partial charge >= 0.3 is 0 Å². The maximum atomic E-state index is 13.7. The van der Waals surface area contributed by atoms with Gasteiger partial charge < -0.3 is 10.2 Å². The highest BCUT2D eigenvalue weighted by atomic mass is 35.5. The molecule has 1 aromatic carbocycles. The third-order valence-corrected chi connectivity index (χ3v) is 7.80. The van der Waals surface area contributed by atoms with Crippen molar-refractivity contribution >= 4 is 34.8 Å². The molecular weight excluding hydrogens is 444 g/mol. The molecule has 5 rings (SSSR count). The van der Waals surface area contributed by atoms with E-state index in [1.54, 1.807) is 27.0 Å². The summed E-state index contributed by atoms with van der Waals surface area (Å²) >= 11 is 7.99. The van der Waals surface area contributed by atoms with Gasteiger partial charge in [-0.1, -0.05) is 48.7 Å². The van der Waals surface area contributed by atoms with Gasteiger partial charge in [0.25, 0.3) is 5.91 Å². The second-order valence-corrected chi connectivity index (χ2v) is 10.1. The predicted molar refractivity (Wildman–Crippen MR) is 126 cm³/mol. The molecule has 3 aromatic rings. The van der Waals surface area contributed by atoms with Crippen LogP contribution in [0.15, 0.2) is 47.8 Å². The number of fused-ring (bicyclic) bond motifs is 1. The van der Waals surface area contributed by atoms with Crippen LogP contribution in [0, 0.1) is 0 Å². The highest BCUT2D eigenvalue weighted by Crippen LogP contribution is 2.34. The SMILES string of the molecule is CC1(C(=O)NC2CCCC2)Cn2nc(-c3cccs3)cc2C(=O)N1Cc1ccccc1Cl. The van der Waals surface area contributed by atoms with Crippen LogP contribution in [-0.4, -0.2) is 38.1 Å². The van der Waals surface area contributed by atoms with Gasteiger partial charge in [0.05, 0.1) is 11.4 Å². The third-order valence-electron chi connectivity index (χ3n) is 6.54. The van der Waals surface area contributed by atoms with Crippen molar-refractivity contribution in [3.63, 3.8) is 0 Å². The first-order valence-corrected chi connectivity index (χ1v) is 12.2. The van der Waals surface area contributed by atoms with Crippen molar-refractivity contribution < 1.29 is 9.59 Å². The van der Waals surface area contributed by atoms with Crippen molar-refractivity contribution in [2.24, 2.45) is 0 Å². The van der Waals surface area contributed by atoms with Gasteiger partial charge in [0, 0.05) is 17.6 Å². The fourth-order valence-electron chi connectivity index (χ4n) is 4.64. The third kappa shape index (κ3) is 3.73. The quantitative estimate of drug-likeness (QED) is 0.588. The smallest absolute Gasteiger partial charge is 0.273 e. The van der Waals surface area contributed by atoms with E-state index >= 15 is 0 Å². The maximum absolute atomic E-state index is 13.7. The van der Waals surface area contributed by atoms with E-state index in [0.29, 0.717) is 17.3 Å². The number of carbonyl (C=O) groups is 2. The Kier molecular flexibility index (Phi) is 5.55. The molecule has 0 saturated heterocycles. The van der Waals surface area contributed by atoms with Crippen molar-refractivity contribution in [3.05, 3.63) is 64.1 Å². The summed E-state index contributed by atoms with van der Waals surface area (Å²) in [6, 6.07) is 13.4. The molecule has 2 amide bonds. The molecule has 0 radical (unpaired) electrons. The topological polar surface area (TPSA) is 67.2 Å². The van der Waals surface area contributed by atoms with Gasteiger partial charge in [-0.2, -0.15) is 5.10 Å². The monoisotopic (exact) mass is 468 g/mol. The molecule has 1 aliphatic carbocycles. The highest BCUT2D eigenvalue weighted by molar-refractivity contribution is 7.13. The number of halogens is 1. The Bertz CT molecular complexity index is 1150. The number of nitrogens with one attached hydrogen (secondary N) is 1. The molecule has 1 N–H and O–H groups in total. The van der Waals surface area contributed by atoms with Crippen LogP contribution >= 0.6 is 22.9 Å². The summed E-state index contributed by atoms with van der Waals surface area (Å²) in [7, 11) is 0. The van der Waals surface area contributed by atoms with E-state index in [1.165, 1.54) is 0 Å². The summed E-state index contributed by atoms with van der Waals surface area (Å²) in [5.41, 5.74) is 0.979. The van der Waals surface area contributed by atoms with Gasteiger partial charge in [-0.25, -0.2) is 0 Å². The molecule has 8 heteroatoms. The first-order valence-electron chi connectivity index (χ1n) is 10.9. The molecule has 1 fully saturated rings. The molecule has 1 saturated carbocycles. The van der Waals surface area contributed by atoms with Gasteiger partial charge in [-0.3, -0.25) is 14.3 Å². The van der Waals surface area contributed by atoms with Crippen LogP contribution < -0.4 is 5.32 Å². The van der Waals surface area contributed by atoms with Crippen LogP contribution in [-0.2, 0) is 17.9 Å². The Hall–Kier alpha value is -2.64. The summed E-state index contributed by atoms with van der Waals surface area (Å²) in [4.78, 5) is 29.9. The van der Waals surface area contributed by atoms with E-state index in [9.17, 15) is 9.59 Å². The number of hydrogen-bond acceptors (Lipinski definition) is 4. The molecule has 1 aliphatic heterocycles. The Balaban J connectivity index is 1.53. The molecule has 0 bridgehead atoms. The van der Waals surface area contributed by atoms with Crippen molar-refractivity contribution in [1.82, 2.24) is 20.0 Å². The molecule has 1 atom stereocenters. The highest BCUT2D eigenvalue weighted by Gasteiger charge is 2.48. The minimum atomic E-state index is -1.08. The number of thiophene rings is 1. The molecule has 6 nitrogen and oxygen atoms in total. The fraction of sp³-hybridized carbons (Fsp3) is 0.375. The number of carbonyl (C=O) groups excluding carboxylic acids is 2. The van der Waals surface area contributed by atoms with Crippen molar-refractivity contribution in [2.45, 2.75) is 57.3 Å². The number of benzene rings is 1. The van der Waals surface area contributed by atoms with Crippen LogP contribution in [0.3, 0.4) is 0 Å². The lowest BCUT2D eigenvalue weighted by Gasteiger charge is -2.43. The van der Waals surface area contributed by atoms with Gasteiger partial charge in [0.15, 0.2) is 0 Å². The lowest BCUT2D eigenvalue weighted by Crippen LogP contribution is -2.64. The van der Waals surface area contributed by atoms with Crippen LogP contribution in [0.25, 0.3) is 10.6 Å². The first kappa shape index (κ1) is 21.2. The van der Waals surface area contributed by atoms with Crippen LogP contribution in [0.4, 0.5) is 0 Å². The van der Waals surface area contributed by atoms with E-state index in [1.807, 2.05) is 48.7 Å². The molecule has 2 aromatic heterocycles. The fourth-order valence-corrected chi connectivity index (χ4v) is 5.52. The Morgan fingerprint density at radius 1 is 1.25 bits per heavy atom. The van der Waals surface area contributed by atoms with Crippen molar-refractivity contribution in [1.29, 1.82) is 0 Å². The second-order valence-electron chi connectivity index (χ2n) is 8.76. The van der Waals surface area contributed by atoms with E-state index < -0.39 is 5.54 Å². The predicted octanol–water partition coefficient (Wildman–Crippen LogP) is 4.74. The maximum Gasteiger partial charge on any atom is 0.273 e. The average Bonchev–Trinajstić information content (AvgIpc) is 3.53. The lowest BCUT2D eigenvalue weighted by molar-refractivity contribution is -0.134. The number of hydrogen-bond donors (Lipinski definition) is 1. The molecular formula is C24H25ClN4O2S. The van der Waals surface area contributed by atoms with Gasteiger partial charge in [0.1, 0.15) is 16.9 Å². The van der Waals surface area contributed by atoms with E-state index in [2.05, 4.69) is 10.4 Å². The summed E-state index contributed by atoms with van der Waals surface area (Å²) in [5, 5.41) is 10.5. The minimum Gasteiger partial charge on any atom is -0.351 e. The first-order chi connectivity index (χ1) is 15.5. The molecule has 1 unspecified atom stereocenters. The number of rotatable bonds is 5. The van der Waals surface area contributed by atoms with E-state index in [0.717, 1.165) is 41.8 Å². The van der Waals surface area contributed by atoms with Gasteiger partial charge in [-0.05, 0) is 48.9 Å². The molecule has 166 valence electrons. The molecule has 2 aliphatic rings. The van der Waals surface area contributed by atoms with Gasteiger partial charge in [0.2, 0.25) is 5.91 Å². The summed E-state index contributed by atoms with van der Waals surface area (Å²) in [6.07, 6.45) is 4.21.